The lowest BCUT2D eigenvalue weighted by atomic mass is 9.83. The zero-order valence-corrected chi connectivity index (χ0v) is 14.5. The summed E-state index contributed by atoms with van der Waals surface area (Å²) in [6.07, 6.45) is 5.57. The molecule has 0 aliphatic heterocycles. The first kappa shape index (κ1) is 15.9. The highest BCUT2D eigenvalue weighted by atomic mass is 16.3. The van der Waals surface area contributed by atoms with E-state index in [2.05, 4.69) is 35.6 Å². The van der Waals surface area contributed by atoms with Crippen molar-refractivity contribution in [1.82, 2.24) is 5.32 Å². The molecule has 1 N–H and O–H groups in total. The van der Waals surface area contributed by atoms with E-state index in [0.29, 0.717) is 18.9 Å². The molecule has 1 aliphatic rings. The molecule has 1 aliphatic carbocycles. The predicted octanol–water partition coefficient (Wildman–Crippen LogP) is 4.52. The number of rotatable bonds is 4. The van der Waals surface area contributed by atoms with Gasteiger partial charge in [0.05, 0.1) is 12.7 Å². The fourth-order valence-corrected chi connectivity index (χ4v) is 3.87. The molecule has 0 saturated carbocycles. The van der Waals surface area contributed by atoms with Crippen molar-refractivity contribution in [2.24, 2.45) is 0 Å². The second kappa shape index (κ2) is 6.75. The van der Waals surface area contributed by atoms with Crippen molar-refractivity contribution >= 4 is 16.9 Å². The van der Waals surface area contributed by atoms with Gasteiger partial charge in [-0.05, 0) is 48.9 Å². The number of carbonyl (C=O) groups is 1. The maximum absolute atomic E-state index is 12.4. The fraction of sp³-hybridized carbons (Fsp3) is 0.318. The first-order valence-electron chi connectivity index (χ1n) is 9.02. The molecule has 3 nitrogen and oxygen atoms in total. The minimum atomic E-state index is 0.0614. The molecular weight excluding hydrogens is 310 g/mol. The molecule has 3 heteroatoms. The molecule has 4 rings (SSSR count). The van der Waals surface area contributed by atoms with Crippen LogP contribution in [0.15, 0.2) is 53.1 Å². The monoisotopic (exact) mass is 333 g/mol. The third-order valence-corrected chi connectivity index (χ3v) is 5.20. The van der Waals surface area contributed by atoms with Gasteiger partial charge in [-0.15, -0.1) is 0 Å². The molecular formula is C22H23NO2. The first-order chi connectivity index (χ1) is 12.2. The summed E-state index contributed by atoms with van der Waals surface area (Å²) in [5.41, 5.74) is 5.80. The summed E-state index contributed by atoms with van der Waals surface area (Å²) >= 11 is 0. The minimum absolute atomic E-state index is 0.0614. The Balaban J connectivity index is 1.41. The van der Waals surface area contributed by atoms with Gasteiger partial charge in [0.2, 0.25) is 5.91 Å². The normalized spacial score (nSPS) is 16.6. The van der Waals surface area contributed by atoms with Gasteiger partial charge in [0.1, 0.15) is 5.58 Å². The maximum Gasteiger partial charge on any atom is 0.224 e. The Morgan fingerprint density at radius 2 is 2.12 bits per heavy atom. The van der Waals surface area contributed by atoms with Crippen LogP contribution in [0.5, 0.6) is 0 Å². The van der Waals surface area contributed by atoms with Crippen molar-refractivity contribution in [3.63, 3.8) is 0 Å². The Morgan fingerprint density at radius 1 is 1.24 bits per heavy atom. The number of aryl methyl sites for hydroxylation is 2. The molecule has 2 aromatic carbocycles. The van der Waals surface area contributed by atoms with Crippen LogP contribution in [0.2, 0.25) is 0 Å². The summed E-state index contributed by atoms with van der Waals surface area (Å²) in [6, 6.07) is 14.7. The standard InChI is InChI=1S/C22H23NO2/c1-15-9-10-20-18(14-25-21(20)11-15)12-22(24)23-13-17-7-4-6-16-5-2-3-8-19(16)17/h2-3,5,8-11,14,17H,4,6-7,12-13H2,1H3,(H,23,24). The van der Waals surface area contributed by atoms with Crippen LogP contribution in [0.4, 0.5) is 0 Å². The molecule has 1 aromatic heterocycles. The Hall–Kier alpha value is -2.55. The largest absolute Gasteiger partial charge is 0.464 e. The fourth-order valence-electron chi connectivity index (χ4n) is 3.87. The molecule has 1 atom stereocenters. The zero-order chi connectivity index (χ0) is 17.2. The molecule has 3 aromatic rings. The van der Waals surface area contributed by atoms with E-state index in [1.807, 2.05) is 19.1 Å². The summed E-state index contributed by atoms with van der Waals surface area (Å²) in [7, 11) is 0. The van der Waals surface area contributed by atoms with E-state index in [1.165, 1.54) is 17.5 Å². The van der Waals surface area contributed by atoms with E-state index in [9.17, 15) is 4.79 Å². The van der Waals surface area contributed by atoms with Gasteiger partial charge in [-0.3, -0.25) is 4.79 Å². The van der Waals surface area contributed by atoms with Gasteiger partial charge in [-0.2, -0.15) is 0 Å². The van der Waals surface area contributed by atoms with Gasteiger partial charge >= 0.3 is 0 Å². The number of hydrogen-bond donors (Lipinski definition) is 1. The topological polar surface area (TPSA) is 42.2 Å². The third-order valence-electron chi connectivity index (χ3n) is 5.20. The van der Waals surface area contributed by atoms with Crippen molar-refractivity contribution in [1.29, 1.82) is 0 Å². The Labute approximate surface area is 148 Å². The number of amides is 1. The Morgan fingerprint density at radius 3 is 3.04 bits per heavy atom. The van der Waals surface area contributed by atoms with Crippen molar-refractivity contribution in [2.75, 3.05) is 6.54 Å². The van der Waals surface area contributed by atoms with Crippen LogP contribution < -0.4 is 5.32 Å². The molecule has 1 heterocycles. The number of fused-ring (bicyclic) bond motifs is 2. The average Bonchev–Trinajstić information content (AvgIpc) is 3.01. The lowest BCUT2D eigenvalue weighted by molar-refractivity contribution is -0.120. The zero-order valence-electron chi connectivity index (χ0n) is 14.5. The lowest BCUT2D eigenvalue weighted by Gasteiger charge is -2.25. The molecule has 1 unspecified atom stereocenters. The van der Waals surface area contributed by atoms with E-state index in [0.717, 1.165) is 34.9 Å². The van der Waals surface area contributed by atoms with E-state index in [1.54, 1.807) is 6.26 Å². The van der Waals surface area contributed by atoms with Crippen LogP contribution in [-0.2, 0) is 17.6 Å². The molecule has 0 fully saturated rings. The molecule has 0 spiro atoms. The first-order valence-corrected chi connectivity index (χ1v) is 9.02. The van der Waals surface area contributed by atoms with Gasteiger partial charge in [0, 0.05) is 23.4 Å². The van der Waals surface area contributed by atoms with Crippen LogP contribution in [0.1, 0.15) is 41.0 Å². The summed E-state index contributed by atoms with van der Waals surface area (Å²) < 4.78 is 5.59. The van der Waals surface area contributed by atoms with Crippen LogP contribution in [0, 0.1) is 6.92 Å². The third kappa shape index (κ3) is 3.32. The molecule has 0 radical (unpaired) electrons. The van der Waals surface area contributed by atoms with Gasteiger partial charge < -0.3 is 9.73 Å². The van der Waals surface area contributed by atoms with E-state index >= 15 is 0 Å². The molecule has 0 saturated heterocycles. The van der Waals surface area contributed by atoms with Crippen LogP contribution >= 0.6 is 0 Å². The quantitative estimate of drug-likeness (QED) is 0.763. The lowest BCUT2D eigenvalue weighted by Crippen LogP contribution is -2.31. The number of carbonyl (C=O) groups excluding carboxylic acids is 1. The molecule has 1 amide bonds. The van der Waals surface area contributed by atoms with Gasteiger partial charge in [0.25, 0.3) is 0 Å². The van der Waals surface area contributed by atoms with Crippen molar-refractivity contribution in [3.05, 3.63) is 71.0 Å². The van der Waals surface area contributed by atoms with Gasteiger partial charge in [0.15, 0.2) is 0 Å². The highest BCUT2D eigenvalue weighted by Gasteiger charge is 2.20. The summed E-state index contributed by atoms with van der Waals surface area (Å²) in [5.74, 6) is 0.490. The highest BCUT2D eigenvalue weighted by Crippen LogP contribution is 2.31. The summed E-state index contributed by atoms with van der Waals surface area (Å²) in [6.45, 7) is 2.75. The Bertz CT molecular complexity index is 909. The summed E-state index contributed by atoms with van der Waals surface area (Å²) in [4.78, 5) is 12.4. The van der Waals surface area contributed by atoms with Gasteiger partial charge in [-0.1, -0.05) is 36.4 Å². The Kier molecular flexibility index (Phi) is 4.31. The SMILES string of the molecule is Cc1ccc2c(CC(=O)NCC3CCCc4ccccc43)coc2c1. The van der Waals surface area contributed by atoms with Crippen LogP contribution in [0.25, 0.3) is 11.0 Å². The van der Waals surface area contributed by atoms with Gasteiger partial charge in [-0.25, -0.2) is 0 Å². The summed E-state index contributed by atoms with van der Waals surface area (Å²) in [5, 5.41) is 4.16. The number of hydrogen-bond acceptors (Lipinski definition) is 2. The minimum Gasteiger partial charge on any atom is -0.464 e. The smallest absolute Gasteiger partial charge is 0.224 e. The van der Waals surface area contributed by atoms with Crippen LogP contribution in [-0.4, -0.2) is 12.5 Å². The van der Waals surface area contributed by atoms with Crippen molar-refractivity contribution in [2.45, 2.75) is 38.5 Å². The highest BCUT2D eigenvalue weighted by molar-refractivity contribution is 5.87. The maximum atomic E-state index is 12.4. The molecule has 128 valence electrons. The van der Waals surface area contributed by atoms with Crippen LogP contribution in [0.3, 0.4) is 0 Å². The van der Waals surface area contributed by atoms with E-state index in [-0.39, 0.29) is 5.91 Å². The number of nitrogens with one attached hydrogen (secondary N) is 1. The van der Waals surface area contributed by atoms with E-state index in [4.69, 9.17) is 4.42 Å². The predicted molar refractivity (Wildman–Crippen MR) is 99.8 cm³/mol. The van der Waals surface area contributed by atoms with E-state index < -0.39 is 0 Å². The second-order valence-electron chi connectivity index (χ2n) is 7.03. The average molecular weight is 333 g/mol. The number of furan rings is 1. The second-order valence-corrected chi connectivity index (χ2v) is 7.03. The number of benzene rings is 2. The molecule has 25 heavy (non-hydrogen) atoms. The van der Waals surface area contributed by atoms with Crippen molar-refractivity contribution < 1.29 is 9.21 Å². The van der Waals surface area contributed by atoms with Crippen molar-refractivity contribution in [3.8, 4) is 0 Å². The molecule has 0 bridgehead atoms.